The summed E-state index contributed by atoms with van der Waals surface area (Å²) in [7, 11) is 0. The third kappa shape index (κ3) is 35.2. The topological polar surface area (TPSA) is 95.5 Å². The van der Waals surface area contributed by atoms with E-state index in [4.69, 9.17) is 0 Å². The highest BCUT2D eigenvalue weighted by molar-refractivity contribution is 5.83. The molecule has 1 atom stereocenters. The summed E-state index contributed by atoms with van der Waals surface area (Å²) in [6.07, 6.45) is 43.9. The van der Waals surface area contributed by atoms with E-state index in [9.17, 15) is 19.5 Å². The van der Waals surface area contributed by atoms with Gasteiger partial charge in [0.1, 0.15) is 6.04 Å². The second kappa shape index (κ2) is 37.7. The number of hydrogen-bond acceptors (Lipinski definition) is 3. The Bertz CT molecular complexity index is 795. The van der Waals surface area contributed by atoms with E-state index in [2.05, 4.69) is 48.8 Å². The van der Waals surface area contributed by atoms with Crippen molar-refractivity contribution in [2.75, 3.05) is 6.54 Å². The van der Waals surface area contributed by atoms with Gasteiger partial charge in [0.05, 0.1) is 0 Å². The minimum atomic E-state index is -0.985. The van der Waals surface area contributed by atoms with E-state index in [1.165, 1.54) is 128 Å². The monoisotopic (exact) mass is 675 g/mol. The van der Waals surface area contributed by atoms with Crippen LogP contribution in [0.1, 0.15) is 213 Å². The average Bonchev–Trinajstić information content (AvgIpc) is 3.07. The molecule has 48 heavy (non-hydrogen) atoms. The second-order valence-electron chi connectivity index (χ2n) is 14.0. The molecule has 280 valence electrons. The number of rotatable bonds is 37. The van der Waals surface area contributed by atoms with Crippen LogP contribution in [0.5, 0.6) is 0 Å². The third-order valence-corrected chi connectivity index (χ3v) is 9.21. The minimum Gasteiger partial charge on any atom is -0.480 e. The smallest absolute Gasteiger partial charge is 0.326 e. The predicted molar refractivity (Wildman–Crippen MR) is 205 cm³/mol. The van der Waals surface area contributed by atoms with Crippen LogP contribution in [0, 0.1) is 0 Å². The van der Waals surface area contributed by atoms with E-state index < -0.39 is 12.0 Å². The number of carbonyl (C=O) groups excluding carboxylic acids is 2. The van der Waals surface area contributed by atoms with Crippen LogP contribution < -0.4 is 10.6 Å². The lowest BCUT2D eigenvalue weighted by Crippen LogP contribution is -2.40. The van der Waals surface area contributed by atoms with Crippen molar-refractivity contribution in [1.82, 2.24) is 10.6 Å². The number of carboxylic acid groups (broad SMARTS) is 1. The van der Waals surface area contributed by atoms with Crippen molar-refractivity contribution in [1.29, 1.82) is 0 Å². The Morgan fingerprint density at radius 3 is 1.27 bits per heavy atom. The van der Waals surface area contributed by atoms with E-state index in [1.54, 1.807) is 0 Å². The molecule has 0 unspecified atom stereocenters. The van der Waals surface area contributed by atoms with Gasteiger partial charge in [-0.1, -0.05) is 141 Å². The van der Waals surface area contributed by atoms with Gasteiger partial charge < -0.3 is 15.7 Å². The Labute approximate surface area is 297 Å². The highest BCUT2D eigenvalue weighted by atomic mass is 16.4. The van der Waals surface area contributed by atoms with Crippen LogP contribution in [0.25, 0.3) is 0 Å². The minimum absolute atomic E-state index is 0.0793. The number of nitrogens with one attached hydrogen (secondary N) is 2. The molecule has 0 radical (unpaired) electrons. The maximum absolute atomic E-state index is 12.3. The van der Waals surface area contributed by atoms with Gasteiger partial charge in [0.25, 0.3) is 0 Å². The summed E-state index contributed by atoms with van der Waals surface area (Å²) < 4.78 is 0. The van der Waals surface area contributed by atoms with Crippen LogP contribution >= 0.6 is 0 Å². The van der Waals surface area contributed by atoms with Crippen LogP contribution in [0.2, 0.25) is 0 Å². The lowest BCUT2D eigenvalue weighted by atomic mass is 10.1. The molecule has 0 aliphatic carbocycles. The Morgan fingerprint density at radius 1 is 0.479 bits per heavy atom. The number of carboxylic acids is 1. The van der Waals surface area contributed by atoms with Gasteiger partial charge in [-0.25, -0.2) is 4.79 Å². The Hall–Kier alpha value is -2.11. The number of hydrogen-bond donors (Lipinski definition) is 3. The molecular formula is C42H78N2O4. The molecule has 0 aliphatic heterocycles. The van der Waals surface area contributed by atoms with E-state index in [1.807, 2.05) is 0 Å². The summed E-state index contributed by atoms with van der Waals surface area (Å²) in [5.41, 5.74) is 0. The normalized spacial score (nSPS) is 12.2. The summed E-state index contributed by atoms with van der Waals surface area (Å²) in [5, 5.41) is 15.2. The van der Waals surface area contributed by atoms with E-state index in [0.29, 0.717) is 38.6 Å². The molecule has 0 aromatic carbocycles. The van der Waals surface area contributed by atoms with Crippen molar-refractivity contribution in [2.45, 2.75) is 219 Å². The zero-order valence-electron chi connectivity index (χ0n) is 31.7. The number of aliphatic carboxylic acids is 1. The fraction of sp³-hybridized carbons (Fsp3) is 0.833. The molecule has 2 amide bonds. The van der Waals surface area contributed by atoms with Gasteiger partial charge in [0, 0.05) is 19.4 Å². The van der Waals surface area contributed by atoms with Gasteiger partial charge in [0.2, 0.25) is 11.8 Å². The number of unbranched alkanes of at least 4 members (excludes halogenated alkanes) is 23. The fourth-order valence-corrected chi connectivity index (χ4v) is 6.03. The van der Waals surface area contributed by atoms with Gasteiger partial charge >= 0.3 is 5.97 Å². The standard InChI is InChI=1S/C42H78N2O4/c1-3-5-7-9-11-13-15-17-19-21-23-25-27-29-31-36-40(45)43-38-34-33-35-39(42(47)48)44-41(46)37-32-30-28-26-24-22-20-18-16-14-12-10-8-6-4-2/h17-20,39H,3-16,21-38H2,1-2H3,(H,43,45)(H,44,46)(H,47,48)/b19-17-,20-18-/t39-/m0/s1. The highest BCUT2D eigenvalue weighted by Gasteiger charge is 2.19. The lowest BCUT2D eigenvalue weighted by molar-refractivity contribution is -0.142. The maximum atomic E-state index is 12.3. The molecule has 0 spiro atoms. The number of allylic oxidation sites excluding steroid dienone is 4. The molecule has 0 heterocycles. The van der Waals surface area contributed by atoms with Crippen molar-refractivity contribution in [2.24, 2.45) is 0 Å². The SMILES string of the molecule is CCCCCCCC/C=C\CCCCCCCC(=O)NCCCC[C@H](NC(=O)CCCCCCC/C=C\CCCCCCCC)C(=O)O. The molecule has 0 saturated heterocycles. The first kappa shape index (κ1) is 45.9. The first-order chi connectivity index (χ1) is 23.5. The van der Waals surface area contributed by atoms with Gasteiger partial charge in [-0.05, 0) is 83.5 Å². The zero-order chi connectivity index (χ0) is 35.2. The van der Waals surface area contributed by atoms with Crippen molar-refractivity contribution in [3.8, 4) is 0 Å². The maximum Gasteiger partial charge on any atom is 0.326 e. The van der Waals surface area contributed by atoms with E-state index in [0.717, 1.165) is 38.5 Å². The highest BCUT2D eigenvalue weighted by Crippen LogP contribution is 2.12. The quantitative estimate of drug-likeness (QED) is 0.0451. The zero-order valence-corrected chi connectivity index (χ0v) is 31.7. The van der Waals surface area contributed by atoms with Crippen molar-refractivity contribution < 1.29 is 19.5 Å². The molecule has 0 rings (SSSR count). The van der Waals surface area contributed by atoms with Crippen LogP contribution in [-0.4, -0.2) is 35.5 Å². The first-order valence-electron chi connectivity index (χ1n) is 20.6. The third-order valence-electron chi connectivity index (χ3n) is 9.21. The summed E-state index contributed by atoms with van der Waals surface area (Å²) >= 11 is 0. The second-order valence-corrected chi connectivity index (χ2v) is 14.0. The van der Waals surface area contributed by atoms with Gasteiger partial charge in [0.15, 0.2) is 0 Å². The van der Waals surface area contributed by atoms with E-state index >= 15 is 0 Å². The van der Waals surface area contributed by atoms with Crippen LogP contribution in [0.15, 0.2) is 24.3 Å². The van der Waals surface area contributed by atoms with Gasteiger partial charge in [-0.3, -0.25) is 9.59 Å². The first-order valence-corrected chi connectivity index (χ1v) is 20.6. The lowest BCUT2D eigenvalue weighted by Gasteiger charge is -2.14. The average molecular weight is 675 g/mol. The number of amides is 2. The summed E-state index contributed by atoms with van der Waals surface area (Å²) in [6.45, 7) is 5.07. The molecule has 0 aromatic heterocycles. The van der Waals surface area contributed by atoms with Crippen molar-refractivity contribution >= 4 is 17.8 Å². The molecule has 0 bridgehead atoms. The Balaban J connectivity index is 3.64. The fourth-order valence-electron chi connectivity index (χ4n) is 6.03. The summed E-state index contributed by atoms with van der Waals surface area (Å²) in [4.78, 5) is 36.1. The number of carbonyl (C=O) groups is 3. The molecule has 3 N–H and O–H groups in total. The molecule has 0 saturated carbocycles. The van der Waals surface area contributed by atoms with E-state index in [-0.39, 0.29) is 11.8 Å². The van der Waals surface area contributed by atoms with Gasteiger partial charge in [-0.2, -0.15) is 0 Å². The largest absolute Gasteiger partial charge is 0.480 e. The predicted octanol–water partition coefficient (Wildman–Crippen LogP) is 11.9. The molecule has 6 heteroatoms. The summed E-state index contributed by atoms with van der Waals surface area (Å²) in [6, 6.07) is -0.854. The van der Waals surface area contributed by atoms with Crippen LogP contribution in [0.3, 0.4) is 0 Å². The van der Waals surface area contributed by atoms with Gasteiger partial charge in [-0.15, -0.1) is 0 Å². The molecule has 0 fully saturated rings. The van der Waals surface area contributed by atoms with Crippen molar-refractivity contribution in [3.63, 3.8) is 0 Å². The molecule has 0 aliphatic rings. The van der Waals surface area contributed by atoms with Crippen LogP contribution in [0.4, 0.5) is 0 Å². The Morgan fingerprint density at radius 2 is 0.854 bits per heavy atom. The van der Waals surface area contributed by atoms with Crippen molar-refractivity contribution in [3.05, 3.63) is 24.3 Å². The summed E-state index contributed by atoms with van der Waals surface area (Å²) in [5.74, 6) is -1.08. The molecule has 0 aromatic rings. The molecule has 6 nitrogen and oxygen atoms in total. The Kier molecular flexibility index (Phi) is 36.0. The van der Waals surface area contributed by atoms with Crippen LogP contribution in [-0.2, 0) is 14.4 Å². The molecular weight excluding hydrogens is 596 g/mol.